The lowest BCUT2D eigenvalue weighted by Crippen LogP contribution is -2.45. The highest BCUT2D eigenvalue weighted by Crippen LogP contribution is 2.44. The highest BCUT2D eigenvalue weighted by atomic mass is 19.1. The molecule has 2 aromatic rings. The summed E-state index contributed by atoms with van der Waals surface area (Å²) in [5, 5.41) is 0. The minimum Gasteiger partial charge on any atom is -0.496 e. The van der Waals surface area contributed by atoms with Gasteiger partial charge in [0.05, 0.1) is 12.8 Å². The smallest absolute Gasteiger partial charge is 0.148 e. The number of rotatable bonds is 3. The maximum absolute atomic E-state index is 13.8. The second-order valence-electron chi connectivity index (χ2n) is 7.34. The van der Waals surface area contributed by atoms with Gasteiger partial charge in [-0.1, -0.05) is 19.1 Å². The van der Waals surface area contributed by atoms with Crippen molar-refractivity contribution in [1.29, 1.82) is 0 Å². The summed E-state index contributed by atoms with van der Waals surface area (Å²) in [6.07, 6.45) is 2.76. The van der Waals surface area contributed by atoms with Gasteiger partial charge >= 0.3 is 0 Å². The van der Waals surface area contributed by atoms with Crippen LogP contribution in [0.3, 0.4) is 0 Å². The Hall–Kier alpha value is -2.36. The van der Waals surface area contributed by atoms with Crippen LogP contribution < -0.4 is 9.64 Å². The normalized spacial score (nSPS) is 19.1. The molecule has 1 heterocycles. The molecule has 3 rings (SSSR count). The third kappa shape index (κ3) is 3.26. The van der Waals surface area contributed by atoms with Crippen LogP contribution in [-0.4, -0.2) is 25.9 Å². The standard InChI is InChI=1S/C21H25FN2O/c1-14-12-21(2,3)24(4)19-11-20(25-5)15(10-16(14)19)13-23-18-9-7-6-8-17(18)22/h6-11,13-14H,12H2,1-5H3. The zero-order valence-electron chi connectivity index (χ0n) is 15.5. The van der Waals surface area contributed by atoms with Crippen molar-refractivity contribution >= 4 is 17.6 Å². The number of benzene rings is 2. The van der Waals surface area contributed by atoms with Gasteiger partial charge in [0.1, 0.15) is 11.6 Å². The second-order valence-corrected chi connectivity index (χ2v) is 7.34. The van der Waals surface area contributed by atoms with Crippen molar-refractivity contribution in [2.75, 3.05) is 19.1 Å². The van der Waals surface area contributed by atoms with E-state index in [1.54, 1.807) is 31.5 Å². The Morgan fingerprint density at radius 1 is 1.28 bits per heavy atom. The number of aliphatic imine (C=N–C) groups is 1. The van der Waals surface area contributed by atoms with E-state index < -0.39 is 0 Å². The van der Waals surface area contributed by atoms with E-state index >= 15 is 0 Å². The first-order chi connectivity index (χ1) is 11.8. The molecule has 132 valence electrons. The number of ether oxygens (including phenoxy) is 1. The van der Waals surface area contributed by atoms with Gasteiger partial charge in [0.25, 0.3) is 0 Å². The Morgan fingerprint density at radius 3 is 2.68 bits per heavy atom. The number of nitrogens with zero attached hydrogens (tertiary/aromatic N) is 2. The Kier molecular flexibility index (Phi) is 4.55. The van der Waals surface area contributed by atoms with Crippen LogP contribution in [0.15, 0.2) is 41.4 Å². The maximum Gasteiger partial charge on any atom is 0.148 e. The zero-order valence-corrected chi connectivity index (χ0v) is 15.5. The third-order valence-electron chi connectivity index (χ3n) is 5.18. The summed E-state index contributed by atoms with van der Waals surface area (Å²) in [6, 6.07) is 10.7. The molecule has 0 bridgehead atoms. The molecule has 1 atom stereocenters. The summed E-state index contributed by atoms with van der Waals surface area (Å²) in [5.41, 5.74) is 3.75. The molecule has 0 fully saturated rings. The number of fused-ring (bicyclic) bond motifs is 1. The van der Waals surface area contributed by atoms with Crippen molar-refractivity contribution < 1.29 is 9.13 Å². The number of hydrogen-bond donors (Lipinski definition) is 0. The summed E-state index contributed by atoms with van der Waals surface area (Å²) in [6.45, 7) is 6.76. The van der Waals surface area contributed by atoms with Crippen LogP contribution >= 0.6 is 0 Å². The summed E-state index contributed by atoms with van der Waals surface area (Å²) in [5.74, 6) is 0.855. The minimum absolute atomic E-state index is 0.0974. The Balaban J connectivity index is 2.05. The molecule has 1 aliphatic heterocycles. The molecule has 0 saturated carbocycles. The van der Waals surface area contributed by atoms with Crippen LogP contribution in [0.5, 0.6) is 5.75 Å². The monoisotopic (exact) mass is 340 g/mol. The number of anilines is 1. The highest BCUT2D eigenvalue weighted by Gasteiger charge is 2.34. The molecule has 1 aliphatic rings. The lowest BCUT2D eigenvalue weighted by atomic mass is 9.80. The summed E-state index contributed by atoms with van der Waals surface area (Å²) < 4.78 is 19.4. The van der Waals surface area contributed by atoms with Crippen molar-refractivity contribution in [3.05, 3.63) is 53.3 Å². The fourth-order valence-corrected chi connectivity index (χ4v) is 3.58. The Bertz CT molecular complexity index is 814. The molecule has 1 unspecified atom stereocenters. The third-order valence-corrected chi connectivity index (χ3v) is 5.18. The molecular formula is C21H25FN2O. The zero-order chi connectivity index (χ0) is 18.2. The largest absolute Gasteiger partial charge is 0.496 e. The van der Waals surface area contributed by atoms with E-state index in [4.69, 9.17) is 4.74 Å². The van der Waals surface area contributed by atoms with Crippen molar-refractivity contribution in [2.45, 2.75) is 38.6 Å². The van der Waals surface area contributed by atoms with Gasteiger partial charge < -0.3 is 9.64 Å². The number of para-hydroxylation sites is 1. The molecule has 0 radical (unpaired) electrons. The average Bonchev–Trinajstić information content (AvgIpc) is 2.58. The minimum atomic E-state index is -0.328. The van der Waals surface area contributed by atoms with E-state index in [1.165, 1.54) is 17.3 Å². The molecule has 25 heavy (non-hydrogen) atoms. The van der Waals surface area contributed by atoms with Gasteiger partial charge in [-0.15, -0.1) is 0 Å². The first-order valence-corrected chi connectivity index (χ1v) is 8.58. The fraction of sp³-hybridized carbons (Fsp3) is 0.381. The number of methoxy groups -OCH3 is 1. The van der Waals surface area contributed by atoms with Gasteiger partial charge in [0, 0.05) is 36.1 Å². The number of hydrogen-bond acceptors (Lipinski definition) is 3. The molecule has 0 aliphatic carbocycles. The van der Waals surface area contributed by atoms with Crippen LogP contribution in [0.25, 0.3) is 0 Å². The first kappa shape index (κ1) is 17.5. The van der Waals surface area contributed by atoms with Crippen LogP contribution in [0, 0.1) is 5.82 Å². The topological polar surface area (TPSA) is 24.8 Å². The lowest BCUT2D eigenvalue weighted by Gasteiger charge is -2.45. The van der Waals surface area contributed by atoms with Crippen LogP contribution in [0.1, 0.15) is 44.2 Å². The van der Waals surface area contributed by atoms with Crippen molar-refractivity contribution in [3.8, 4) is 5.75 Å². The molecule has 0 saturated heterocycles. The lowest BCUT2D eigenvalue weighted by molar-refractivity contribution is 0.389. The van der Waals surface area contributed by atoms with Gasteiger partial charge in [-0.05, 0) is 49.9 Å². The molecule has 2 aromatic carbocycles. The van der Waals surface area contributed by atoms with Crippen molar-refractivity contribution in [2.24, 2.45) is 4.99 Å². The van der Waals surface area contributed by atoms with Crippen molar-refractivity contribution in [1.82, 2.24) is 0 Å². The van der Waals surface area contributed by atoms with Gasteiger partial charge in [0.15, 0.2) is 0 Å². The maximum atomic E-state index is 13.8. The Labute approximate surface area is 149 Å². The quantitative estimate of drug-likeness (QED) is 0.708. The fourth-order valence-electron chi connectivity index (χ4n) is 3.58. The summed E-state index contributed by atoms with van der Waals surface area (Å²) in [7, 11) is 3.77. The van der Waals surface area contributed by atoms with E-state index in [1.807, 2.05) is 0 Å². The van der Waals surface area contributed by atoms with E-state index in [0.29, 0.717) is 11.6 Å². The van der Waals surface area contributed by atoms with E-state index in [0.717, 1.165) is 17.7 Å². The molecule has 0 amide bonds. The molecule has 4 heteroatoms. The molecule has 0 aromatic heterocycles. The molecule has 3 nitrogen and oxygen atoms in total. The van der Waals surface area contributed by atoms with E-state index in [9.17, 15) is 4.39 Å². The van der Waals surface area contributed by atoms with Gasteiger partial charge in [-0.25, -0.2) is 4.39 Å². The molecular weight excluding hydrogens is 315 g/mol. The summed E-state index contributed by atoms with van der Waals surface area (Å²) in [4.78, 5) is 6.62. The summed E-state index contributed by atoms with van der Waals surface area (Å²) >= 11 is 0. The predicted molar refractivity (Wildman–Crippen MR) is 102 cm³/mol. The van der Waals surface area contributed by atoms with Gasteiger partial charge in [0.2, 0.25) is 0 Å². The van der Waals surface area contributed by atoms with Gasteiger partial charge in [-0.3, -0.25) is 4.99 Å². The first-order valence-electron chi connectivity index (χ1n) is 8.58. The van der Waals surface area contributed by atoms with Crippen LogP contribution in [-0.2, 0) is 0 Å². The van der Waals surface area contributed by atoms with E-state index in [2.05, 4.69) is 49.8 Å². The molecule has 0 spiro atoms. The highest BCUT2D eigenvalue weighted by molar-refractivity contribution is 5.87. The Morgan fingerprint density at radius 2 is 2.00 bits per heavy atom. The van der Waals surface area contributed by atoms with Crippen molar-refractivity contribution in [3.63, 3.8) is 0 Å². The predicted octanol–water partition coefficient (Wildman–Crippen LogP) is 5.31. The second kappa shape index (κ2) is 6.51. The van der Waals surface area contributed by atoms with E-state index in [-0.39, 0.29) is 11.4 Å². The molecule has 0 N–H and O–H groups in total. The van der Waals surface area contributed by atoms with Crippen LogP contribution in [0.4, 0.5) is 15.8 Å². The number of halogens is 1. The van der Waals surface area contributed by atoms with Crippen LogP contribution in [0.2, 0.25) is 0 Å². The van der Waals surface area contributed by atoms with Gasteiger partial charge in [-0.2, -0.15) is 0 Å². The average molecular weight is 340 g/mol. The SMILES string of the molecule is COc1cc2c(cc1C=Nc1ccccc1F)C(C)CC(C)(C)N2C.